The number of nitrogens with zero attached hydrogens (tertiary/aromatic N) is 2. The smallest absolute Gasteiger partial charge is 0.140 e. The van der Waals surface area contributed by atoms with Gasteiger partial charge in [-0.15, -0.1) is 0 Å². The van der Waals surface area contributed by atoms with E-state index in [1.54, 1.807) is 0 Å². The first kappa shape index (κ1) is 9.74. The van der Waals surface area contributed by atoms with Crippen molar-refractivity contribution in [1.29, 1.82) is 10.5 Å². The van der Waals surface area contributed by atoms with Crippen molar-refractivity contribution in [3.8, 4) is 12.1 Å². The van der Waals surface area contributed by atoms with Crippen molar-refractivity contribution in [2.45, 2.75) is 25.2 Å². The van der Waals surface area contributed by atoms with Crippen LogP contribution >= 0.6 is 0 Å². The lowest BCUT2D eigenvalue weighted by Gasteiger charge is -2.25. The van der Waals surface area contributed by atoms with Gasteiger partial charge >= 0.3 is 0 Å². The van der Waals surface area contributed by atoms with Gasteiger partial charge in [0.1, 0.15) is 5.92 Å². The van der Waals surface area contributed by atoms with Gasteiger partial charge in [0.2, 0.25) is 0 Å². The molecule has 1 aliphatic carbocycles. The van der Waals surface area contributed by atoms with Crippen LogP contribution in [-0.4, -0.2) is 0 Å². The molecule has 1 aliphatic rings. The predicted octanol–water partition coefficient (Wildman–Crippen LogP) is 2.77. The molecule has 2 heteroatoms. The zero-order valence-electron chi connectivity index (χ0n) is 8.48. The summed E-state index contributed by atoms with van der Waals surface area (Å²) in [6, 6.07) is 12.4. The average molecular weight is 196 g/mol. The maximum atomic E-state index is 8.93. The van der Waals surface area contributed by atoms with E-state index in [1.807, 2.05) is 12.1 Å². The third-order valence-corrected chi connectivity index (χ3v) is 3.10. The van der Waals surface area contributed by atoms with Crippen LogP contribution in [0.1, 0.15) is 29.9 Å². The average Bonchev–Trinajstić information content (AvgIpc) is 2.31. The molecular formula is C13H12N2. The summed E-state index contributed by atoms with van der Waals surface area (Å²) in [6.07, 6.45) is 3.13. The highest BCUT2D eigenvalue weighted by atomic mass is 14.4. The summed E-state index contributed by atoms with van der Waals surface area (Å²) in [5.74, 6) is -0.378. The predicted molar refractivity (Wildman–Crippen MR) is 56.8 cm³/mol. The quantitative estimate of drug-likeness (QED) is 0.693. The number of rotatable bonds is 1. The van der Waals surface area contributed by atoms with Crippen LogP contribution in [0, 0.1) is 28.6 Å². The van der Waals surface area contributed by atoms with Crippen molar-refractivity contribution in [2.75, 3.05) is 0 Å². The second-order valence-electron chi connectivity index (χ2n) is 3.93. The number of fused-ring (bicyclic) bond motifs is 1. The molecule has 0 radical (unpaired) electrons. The largest absolute Gasteiger partial charge is 0.197 e. The van der Waals surface area contributed by atoms with Gasteiger partial charge in [-0.05, 0) is 30.4 Å². The van der Waals surface area contributed by atoms with Gasteiger partial charge < -0.3 is 0 Å². The molecule has 0 N–H and O–H groups in total. The fourth-order valence-corrected chi connectivity index (χ4v) is 2.35. The molecule has 0 aliphatic heterocycles. The highest BCUT2D eigenvalue weighted by Crippen LogP contribution is 2.36. The fraction of sp³-hybridized carbons (Fsp3) is 0.385. The van der Waals surface area contributed by atoms with Gasteiger partial charge in [0, 0.05) is 5.92 Å². The van der Waals surface area contributed by atoms with Crippen molar-refractivity contribution >= 4 is 0 Å². The Morgan fingerprint density at radius 1 is 1.20 bits per heavy atom. The van der Waals surface area contributed by atoms with E-state index in [-0.39, 0.29) is 5.92 Å². The van der Waals surface area contributed by atoms with E-state index in [2.05, 4.69) is 24.3 Å². The van der Waals surface area contributed by atoms with E-state index in [0.29, 0.717) is 0 Å². The molecule has 0 fully saturated rings. The van der Waals surface area contributed by atoms with Crippen molar-refractivity contribution in [2.24, 2.45) is 5.92 Å². The van der Waals surface area contributed by atoms with E-state index in [4.69, 9.17) is 10.5 Å². The maximum absolute atomic E-state index is 8.93. The third-order valence-electron chi connectivity index (χ3n) is 3.10. The molecule has 0 saturated heterocycles. The molecule has 1 unspecified atom stereocenters. The summed E-state index contributed by atoms with van der Waals surface area (Å²) < 4.78 is 0. The fourth-order valence-electron chi connectivity index (χ4n) is 2.35. The first-order valence-corrected chi connectivity index (χ1v) is 5.24. The molecule has 2 rings (SSSR count). The van der Waals surface area contributed by atoms with Gasteiger partial charge in [-0.1, -0.05) is 24.3 Å². The zero-order valence-corrected chi connectivity index (χ0v) is 8.48. The van der Waals surface area contributed by atoms with Crippen LogP contribution in [0.3, 0.4) is 0 Å². The van der Waals surface area contributed by atoms with Gasteiger partial charge in [0.05, 0.1) is 12.1 Å². The van der Waals surface area contributed by atoms with E-state index in [9.17, 15) is 0 Å². The van der Waals surface area contributed by atoms with Gasteiger partial charge in [0.25, 0.3) is 0 Å². The van der Waals surface area contributed by atoms with Crippen molar-refractivity contribution < 1.29 is 0 Å². The summed E-state index contributed by atoms with van der Waals surface area (Å²) in [5, 5.41) is 17.9. The van der Waals surface area contributed by atoms with E-state index in [0.717, 1.165) is 19.3 Å². The van der Waals surface area contributed by atoms with Crippen LogP contribution < -0.4 is 0 Å². The van der Waals surface area contributed by atoms with Crippen molar-refractivity contribution in [3.63, 3.8) is 0 Å². The minimum Gasteiger partial charge on any atom is -0.197 e. The molecule has 1 aromatic carbocycles. The minimum atomic E-state index is -0.494. The normalized spacial score (nSPS) is 19.0. The number of aryl methyl sites for hydroxylation is 1. The van der Waals surface area contributed by atoms with E-state index >= 15 is 0 Å². The third kappa shape index (κ3) is 1.72. The van der Waals surface area contributed by atoms with E-state index < -0.39 is 5.92 Å². The lowest BCUT2D eigenvalue weighted by Crippen LogP contribution is -2.16. The monoisotopic (exact) mass is 196 g/mol. The van der Waals surface area contributed by atoms with Crippen LogP contribution in [-0.2, 0) is 6.42 Å². The molecule has 0 aromatic heterocycles. The highest BCUT2D eigenvalue weighted by Gasteiger charge is 2.27. The summed E-state index contributed by atoms with van der Waals surface area (Å²) in [4.78, 5) is 0. The number of nitriles is 2. The van der Waals surface area contributed by atoms with Gasteiger partial charge in [0.15, 0.2) is 0 Å². The summed E-state index contributed by atoms with van der Waals surface area (Å²) in [5.41, 5.74) is 2.51. The number of hydrogen-bond acceptors (Lipinski definition) is 2. The molecule has 0 spiro atoms. The Hall–Kier alpha value is -1.80. The first-order chi connectivity index (χ1) is 7.36. The molecule has 2 nitrogen and oxygen atoms in total. The van der Waals surface area contributed by atoms with Gasteiger partial charge in [-0.2, -0.15) is 10.5 Å². The molecule has 0 amide bonds. The van der Waals surface area contributed by atoms with Crippen LogP contribution in [0.15, 0.2) is 24.3 Å². The van der Waals surface area contributed by atoms with Gasteiger partial charge in [-0.3, -0.25) is 0 Å². The van der Waals surface area contributed by atoms with E-state index in [1.165, 1.54) is 11.1 Å². The molecule has 1 aromatic rings. The maximum Gasteiger partial charge on any atom is 0.140 e. The molecule has 0 bridgehead atoms. The summed E-state index contributed by atoms with van der Waals surface area (Å²) >= 11 is 0. The highest BCUT2D eigenvalue weighted by molar-refractivity contribution is 5.35. The standard InChI is InChI=1S/C13H12N2/c14-8-11(9-15)13-7-3-5-10-4-1-2-6-12(10)13/h1-2,4,6,11,13H,3,5,7H2. The SMILES string of the molecule is N#CC(C#N)C1CCCc2ccccc21. The molecule has 15 heavy (non-hydrogen) atoms. The Morgan fingerprint density at radius 3 is 2.67 bits per heavy atom. The Labute approximate surface area is 89.8 Å². The van der Waals surface area contributed by atoms with Gasteiger partial charge in [-0.25, -0.2) is 0 Å². The van der Waals surface area contributed by atoms with Crippen LogP contribution in [0.4, 0.5) is 0 Å². The Bertz CT molecular complexity index is 423. The number of benzene rings is 1. The second kappa shape index (κ2) is 4.15. The Balaban J connectivity index is 2.39. The topological polar surface area (TPSA) is 47.6 Å². The Morgan fingerprint density at radius 2 is 1.93 bits per heavy atom. The summed E-state index contributed by atoms with van der Waals surface area (Å²) in [7, 11) is 0. The number of hydrogen-bond donors (Lipinski definition) is 0. The van der Waals surface area contributed by atoms with Crippen LogP contribution in [0.2, 0.25) is 0 Å². The summed E-state index contributed by atoms with van der Waals surface area (Å²) in [6.45, 7) is 0. The molecule has 74 valence electrons. The molecule has 0 heterocycles. The van der Waals surface area contributed by atoms with Crippen LogP contribution in [0.25, 0.3) is 0 Å². The molecule has 0 saturated carbocycles. The molecular weight excluding hydrogens is 184 g/mol. The lowest BCUT2D eigenvalue weighted by atomic mass is 9.77. The van der Waals surface area contributed by atoms with Crippen LogP contribution in [0.5, 0.6) is 0 Å². The lowest BCUT2D eigenvalue weighted by molar-refractivity contribution is 0.508. The molecule has 1 atom stereocenters. The second-order valence-corrected chi connectivity index (χ2v) is 3.93. The Kier molecular flexibility index (Phi) is 2.70. The zero-order chi connectivity index (χ0) is 10.7. The van der Waals surface area contributed by atoms with Crippen molar-refractivity contribution in [1.82, 2.24) is 0 Å². The minimum absolute atomic E-state index is 0.116. The van der Waals surface area contributed by atoms with Crippen molar-refractivity contribution in [3.05, 3.63) is 35.4 Å². The first-order valence-electron chi connectivity index (χ1n) is 5.24.